The molecule has 2 atom stereocenters. The van der Waals surface area contributed by atoms with Crippen LogP contribution in [0.1, 0.15) is 12.5 Å². The van der Waals surface area contributed by atoms with Crippen LogP contribution in [0, 0.1) is 0 Å². The van der Waals surface area contributed by atoms with Crippen LogP contribution in [0.15, 0.2) is 28.7 Å². The van der Waals surface area contributed by atoms with Gasteiger partial charge in [0.2, 0.25) is 0 Å². The SMILES string of the molecule is CC(N)C(=O)O.NC(Cc1ccc(Br)cc1)C(=O)O. The summed E-state index contributed by atoms with van der Waals surface area (Å²) in [4.78, 5) is 20.0. The number of hydrogen-bond donors (Lipinski definition) is 4. The summed E-state index contributed by atoms with van der Waals surface area (Å²) < 4.78 is 0.972. The maximum absolute atomic E-state index is 10.4. The van der Waals surface area contributed by atoms with Crippen LogP contribution in [0.25, 0.3) is 0 Å². The molecule has 2 unspecified atom stereocenters. The average Bonchev–Trinajstić information content (AvgIpc) is 2.32. The molecular formula is C12H17BrN2O4. The summed E-state index contributed by atoms with van der Waals surface area (Å²) in [7, 11) is 0. The van der Waals surface area contributed by atoms with Crippen LogP contribution in [0.5, 0.6) is 0 Å². The third-order valence-electron chi connectivity index (χ3n) is 2.08. The van der Waals surface area contributed by atoms with E-state index >= 15 is 0 Å². The van der Waals surface area contributed by atoms with Gasteiger partial charge in [0.15, 0.2) is 0 Å². The number of carboxylic acid groups (broad SMARTS) is 2. The van der Waals surface area contributed by atoms with Gasteiger partial charge in [0, 0.05) is 4.47 Å². The van der Waals surface area contributed by atoms with E-state index in [0.29, 0.717) is 6.42 Å². The van der Waals surface area contributed by atoms with Gasteiger partial charge in [-0.2, -0.15) is 0 Å². The maximum Gasteiger partial charge on any atom is 0.320 e. The first kappa shape index (κ1) is 17.6. The molecule has 0 saturated carbocycles. The monoisotopic (exact) mass is 332 g/mol. The molecule has 1 rings (SSSR count). The van der Waals surface area contributed by atoms with Crippen molar-refractivity contribution < 1.29 is 19.8 Å². The van der Waals surface area contributed by atoms with Crippen LogP contribution in [0.2, 0.25) is 0 Å². The van der Waals surface area contributed by atoms with E-state index in [-0.39, 0.29) is 0 Å². The molecule has 7 heteroatoms. The predicted molar refractivity (Wildman–Crippen MR) is 74.7 cm³/mol. The second kappa shape index (κ2) is 8.63. The van der Waals surface area contributed by atoms with Gasteiger partial charge in [-0.25, -0.2) is 0 Å². The Bertz CT molecular complexity index is 420. The number of rotatable bonds is 4. The van der Waals surface area contributed by atoms with Gasteiger partial charge in [0.1, 0.15) is 12.1 Å². The molecule has 0 fully saturated rings. The first-order valence-electron chi connectivity index (χ1n) is 5.45. The van der Waals surface area contributed by atoms with E-state index in [0.717, 1.165) is 10.0 Å². The molecule has 6 nitrogen and oxygen atoms in total. The van der Waals surface area contributed by atoms with E-state index in [1.165, 1.54) is 6.92 Å². The normalized spacial score (nSPS) is 12.8. The van der Waals surface area contributed by atoms with Crippen molar-refractivity contribution in [3.63, 3.8) is 0 Å². The van der Waals surface area contributed by atoms with Crippen LogP contribution in [-0.2, 0) is 16.0 Å². The van der Waals surface area contributed by atoms with Crippen molar-refractivity contribution in [2.45, 2.75) is 25.4 Å². The van der Waals surface area contributed by atoms with Crippen LogP contribution in [0.4, 0.5) is 0 Å². The largest absolute Gasteiger partial charge is 0.480 e. The van der Waals surface area contributed by atoms with Gasteiger partial charge >= 0.3 is 11.9 Å². The van der Waals surface area contributed by atoms with E-state index in [4.69, 9.17) is 21.7 Å². The standard InChI is InChI=1S/C9H10BrNO2.C3H7NO2/c10-7-3-1-6(2-4-7)5-8(11)9(12)13;1-2(4)3(5)6/h1-4,8H,5,11H2,(H,12,13);2H,4H2,1H3,(H,5,6). The summed E-state index contributed by atoms with van der Waals surface area (Å²) in [5, 5.41) is 16.4. The lowest BCUT2D eigenvalue weighted by Crippen LogP contribution is -2.32. The molecule has 0 saturated heterocycles. The predicted octanol–water partition coefficient (Wildman–Crippen LogP) is 0.822. The Balaban J connectivity index is 0.000000459. The lowest BCUT2D eigenvalue weighted by molar-refractivity contribution is -0.139. The average molecular weight is 333 g/mol. The van der Waals surface area contributed by atoms with Gasteiger partial charge in [-0.05, 0) is 31.0 Å². The molecule has 0 aliphatic carbocycles. The van der Waals surface area contributed by atoms with E-state index in [9.17, 15) is 9.59 Å². The molecule has 1 aromatic carbocycles. The van der Waals surface area contributed by atoms with Crippen molar-refractivity contribution in [2.24, 2.45) is 11.5 Å². The fourth-order valence-corrected chi connectivity index (χ4v) is 1.23. The van der Waals surface area contributed by atoms with Gasteiger partial charge in [-0.1, -0.05) is 28.1 Å². The van der Waals surface area contributed by atoms with Crippen molar-refractivity contribution in [1.29, 1.82) is 0 Å². The first-order chi connectivity index (χ1) is 8.73. The lowest BCUT2D eigenvalue weighted by Gasteiger charge is -2.05. The fourth-order valence-electron chi connectivity index (χ4n) is 0.962. The van der Waals surface area contributed by atoms with E-state index in [1.54, 1.807) is 0 Å². The third-order valence-corrected chi connectivity index (χ3v) is 2.60. The summed E-state index contributed by atoms with van der Waals surface area (Å²) in [6.45, 7) is 1.42. The molecule has 6 N–H and O–H groups in total. The highest BCUT2D eigenvalue weighted by Crippen LogP contribution is 2.11. The summed E-state index contributed by atoms with van der Waals surface area (Å²) >= 11 is 3.29. The molecule has 0 amide bonds. The Morgan fingerprint density at radius 3 is 1.89 bits per heavy atom. The number of benzene rings is 1. The molecule has 1 aromatic rings. The highest BCUT2D eigenvalue weighted by Gasteiger charge is 2.11. The van der Waals surface area contributed by atoms with E-state index in [2.05, 4.69) is 15.9 Å². The van der Waals surface area contributed by atoms with Crippen molar-refractivity contribution >= 4 is 27.9 Å². The molecule has 106 valence electrons. The zero-order valence-electron chi connectivity index (χ0n) is 10.4. The number of halogens is 1. The molecule has 0 aromatic heterocycles. The van der Waals surface area contributed by atoms with Gasteiger partial charge in [0.25, 0.3) is 0 Å². The Morgan fingerprint density at radius 1 is 1.16 bits per heavy atom. The third kappa shape index (κ3) is 8.30. The van der Waals surface area contributed by atoms with Crippen LogP contribution >= 0.6 is 15.9 Å². The first-order valence-corrected chi connectivity index (χ1v) is 6.24. The number of carbonyl (C=O) groups is 2. The zero-order chi connectivity index (χ0) is 15.0. The topological polar surface area (TPSA) is 127 Å². The van der Waals surface area contributed by atoms with Crippen molar-refractivity contribution in [1.82, 2.24) is 0 Å². The summed E-state index contributed by atoms with van der Waals surface area (Å²) in [6.07, 6.45) is 0.364. The molecule has 0 radical (unpaired) electrons. The summed E-state index contributed by atoms with van der Waals surface area (Å²) in [5.74, 6) is -1.93. The van der Waals surface area contributed by atoms with Crippen LogP contribution in [0.3, 0.4) is 0 Å². The molecule has 19 heavy (non-hydrogen) atoms. The second-order valence-electron chi connectivity index (χ2n) is 3.90. The molecule has 0 aliphatic rings. The molecule has 0 spiro atoms. The lowest BCUT2D eigenvalue weighted by atomic mass is 10.1. The van der Waals surface area contributed by atoms with Crippen molar-refractivity contribution in [3.8, 4) is 0 Å². The zero-order valence-corrected chi connectivity index (χ0v) is 12.0. The molecule has 0 aliphatic heterocycles. The Hall–Kier alpha value is -1.44. The quantitative estimate of drug-likeness (QED) is 0.646. The van der Waals surface area contributed by atoms with Crippen molar-refractivity contribution in [3.05, 3.63) is 34.3 Å². The minimum absolute atomic E-state index is 0.364. The number of carboxylic acids is 2. The maximum atomic E-state index is 10.4. The Morgan fingerprint density at radius 2 is 1.58 bits per heavy atom. The minimum Gasteiger partial charge on any atom is -0.480 e. The minimum atomic E-state index is -0.970. The molecular weight excluding hydrogens is 316 g/mol. The summed E-state index contributed by atoms with van der Waals surface area (Å²) in [6, 6.07) is 5.89. The summed E-state index contributed by atoms with van der Waals surface area (Å²) in [5.41, 5.74) is 11.1. The molecule has 0 heterocycles. The van der Waals surface area contributed by atoms with Crippen LogP contribution in [-0.4, -0.2) is 34.2 Å². The fraction of sp³-hybridized carbons (Fsp3) is 0.333. The Labute approximate surface area is 119 Å². The smallest absolute Gasteiger partial charge is 0.320 e. The highest BCUT2D eigenvalue weighted by molar-refractivity contribution is 9.10. The Kier molecular flexibility index (Phi) is 7.97. The van der Waals surface area contributed by atoms with Gasteiger partial charge in [-0.3, -0.25) is 9.59 Å². The van der Waals surface area contributed by atoms with Crippen LogP contribution < -0.4 is 11.5 Å². The van der Waals surface area contributed by atoms with Crippen molar-refractivity contribution in [2.75, 3.05) is 0 Å². The number of nitrogens with two attached hydrogens (primary N) is 2. The van der Waals surface area contributed by atoms with E-state index < -0.39 is 24.0 Å². The highest BCUT2D eigenvalue weighted by atomic mass is 79.9. The number of aliphatic carboxylic acids is 2. The van der Waals surface area contributed by atoms with Gasteiger partial charge in [-0.15, -0.1) is 0 Å². The second-order valence-corrected chi connectivity index (χ2v) is 4.82. The van der Waals surface area contributed by atoms with E-state index in [1.807, 2.05) is 24.3 Å². The number of hydrogen-bond acceptors (Lipinski definition) is 4. The van der Waals surface area contributed by atoms with Gasteiger partial charge in [0.05, 0.1) is 0 Å². The molecule has 0 bridgehead atoms. The van der Waals surface area contributed by atoms with Gasteiger partial charge < -0.3 is 21.7 Å².